The van der Waals surface area contributed by atoms with Crippen molar-refractivity contribution in [2.75, 3.05) is 0 Å². The maximum Gasteiger partial charge on any atom is 0.343 e. The van der Waals surface area contributed by atoms with Crippen LogP contribution in [-0.2, 0) is 16.1 Å². The van der Waals surface area contributed by atoms with Crippen molar-refractivity contribution in [1.82, 2.24) is 0 Å². The van der Waals surface area contributed by atoms with Crippen LogP contribution in [0.15, 0.2) is 84.4 Å². The lowest BCUT2D eigenvalue weighted by atomic mass is 10.1. The summed E-state index contributed by atoms with van der Waals surface area (Å²) in [5, 5.41) is 0. The van der Waals surface area contributed by atoms with E-state index in [0.29, 0.717) is 17.1 Å². The number of hydrogen-bond donors (Lipinski definition) is 0. The molecule has 0 unspecified atom stereocenters. The van der Waals surface area contributed by atoms with Crippen LogP contribution in [0.3, 0.4) is 0 Å². The first-order valence-electron chi connectivity index (χ1n) is 9.27. The summed E-state index contributed by atoms with van der Waals surface area (Å²) < 4.78 is 24.3. The number of carbonyl (C=O) groups excluding carboxylic acids is 1. The Bertz CT molecular complexity index is 1090. The Morgan fingerprint density at radius 2 is 1.76 bits per heavy atom. The summed E-state index contributed by atoms with van der Waals surface area (Å²) in [7, 11) is 0. The fourth-order valence-electron chi connectivity index (χ4n) is 2.98. The zero-order chi connectivity index (χ0) is 20.2. The van der Waals surface area contributed by atoms with Crippen LogP contribution in [0, 0.1) is 12.7 Å². The monoisotopic (exact) mass is 386 g/mol. The van der Waals surface area contributed by atoms with Gasteiger partial charge in [-0.3, -0.25) is 0 Å². The van der Waals surface area contributed by atoms with E-state index in [9.17, 15) is 9.18 Å². The summed E-state index contributed by atoms with van der Waals surface area (Å²) in [5.41, 5.74) is 4.13. The van der Waals surface area contributed by atoms with Crippen LogP contribution in [0.5, 0.6) is 5.75 Å². The average molecular weight is 386 g/mol. The highest BCUT2D eigenvalue weighted by atomic mass is 19.1. The van der Waals surface area contributed by atoms with Gasteiger partial charge in [-0.15, -0.1) is 0 Å². The number of esters is 1. The molecular formula is C25H19FO3. The lowest BCUT2D eigenvalue weighted by Gasteiger charge is -2.06. The molecule has 0 atom stereocenters. The van der Waals surface area contributed by atoms with Crippen molar-refractivity contribution >= 4 is 17.8 Å². The molecule has 4 rings (SSSR count). The minimum atomic E-state index is -0.369. The number of halogens is 1. The van der Waals surface area contributed by atoms with Crippen molar-refractivity contribution in [3.63, 3.8) is 0 Å². The number of ether oxygens (including phenoxy) is 2. The van der Waals surface area contributed by atoms with E-state index in [4.69, 9.17) is 9.47 Å². The van der Waals surface area contributed by atoms with E-state index in [2.05, 4.69) is 0 Å². The van der Waals surface area contributed by atoms with E-state index in [-0.39, 0.29) is 18.4 Å². The second-order valence-corrected chi connectivity index (χ2v) is 6.85. The fourth-order valence-corrected chi connectivity index (χ4v) is 2.98. The minimum absolute atomic E-state index is 0.283. The van der Waals surface area contributed by atoms with E-state index in [1.165, 1.54) is 12.1 Å². The Balaban J connectivity index is 1.45. The molecular weight excluding hydrogens is 367 g/mol. The number of benzene rings is 3. The number of cyclic esters (lactones) is 1. The highest BCUT2D eigenvalue weighted by molar-refractivity contribution is 6.05. The topological polar surface area (TPSA) is 35.5 Å². The number of hydrogen-bond acceptors (Lipinski definition) is 3. The Morgan fingerprint density at radius 3 is 2.48 bits per heavy atom. The largest absolute Gasteiger partial charge is 0.489 e. The molecule has 1 aliphatic rings. The quantitative estimate of drug-likeness (QED) is 0.417. The second-order valence-electron chi connectivity index (χ2n) is 6.85. The van der Waals surface area contributed by atoms with Gasteiger partial charge in [0.15, 0.2) is 0 Å². The Hall–Kier alpha value is -3.66. The van der Waals surface area contributed by atoms with Gasteiger partial charge >= 0.3 is 5.97 Å². The molecule has 0 aromatic heterocycles. The third-order valence-corrected chi connectivity index (χ3v) is 4.56. The van der Waals surface area contributed by atoms with E-state index >= 15 is 0 Å². The van der Waals surface area contributed by atoms with E-state index in [1.807, 2.05) is 61.5 Å². The van der Waals surface area contributed by atoms with Gasteiger partial charge in [0.2, 0.25) is 0 Å². The van der Waals surface area contributed by atoms with Crippen LogP contribution in [0.1, 0.15) is 22.3 Å². The molecule has 0 saturated carbocycles. The van der Waals surface area contributed by atoms with Crippen molar-refractivity contribution in [3.8, 4) is 5.75 Å². The molecule has 1 aliphatic heterocycles. The molecule has 3 aromatic carbocycles. The van der Waals surface area contributed by atoms with Crippen LogP contribution < -0.4 is 4.74 Å². The van der Waals surface area contributed by atoms with Crippen LogP contribution in [0.4, 0.5) is 4.39 Å². The number of rotatable bonds is 5. The van der Waals surface area contributed by atoms with Crippen molar-refractivity contribution in [1.29, 1.82) is 0 Å². The van der Waals surface area contributed by atoms with Crippen LogP contribution in [0.25, 0.3) is 11.8 Å². The van der Waals surface area contributed by atoms with Crippen molar-refractivity contribution < 1.29 is 18.7 Å². The third kappa shape index (κ3) is 4.61. The second kappa shape index (κ2) is 8.15. The minimum Gasteiger partial charge on any atom is -0.489 e. The van der Waals surface area contributed by atoms with Gasteiger partial charge in [0, 0.05) is 5.56 Å². The lowest BCUT2D eigenvalue weighted by molar-refractivity contribution is -0.130. The van der Waals surface area contributed by atoms with Gasteiger partial charge in [-0.1, -0.05) is 54.1 Å². The SMILES string of the molecule is Cc1ccc(C2=C/C(=C\c3ccc(OCc4cccc(F)c4)cc3)C(=O)O2)cc1. The zero-order valence-electron chi connectivity index (χ0n) is 15.9. The Kier molecular flexibility index (Phi) is 5.25. The summed E-state index contributed by atoms with van der Waals surface area (Å²) in [6, 6.07) is 21.5. The normalized spacial score (nSPS) is 14.6. The predicted molar refractivity (Wildman–Crippen MR) is 110 cm³/mol. The molecule has 0 N–H and O–H groups in total. The molecule has 0 saturated heterocycles. The van der Waals surface area contributed by atoms with Crippen molar-refractivity contribution in [2.45, 2.75) is 13.5 Å². The molecule has 0 fully saturated rings. The molecule has 0 spiro atoms. The first-order valence-corrected chi connectivity index (χ1v) is 9.27. The summed E-state index contributed by atoms with van der Waals surface area (Å²) >= 11 is 0. The van der Waals surface area contributed by atoms with Gasteiger partial charge in [0.25, 0.3) is 0 Å². The van der Waals surface area contributed by atoms with Crippen LogP contribution in [0.2, 0.25) is 0 Å². The Labute approximate surface area is 168 Å². The lowest BCUT2D eigenvalue weighted by Crippen LogP contribution is -1.97. The van der Waals surface area contributed by atoms with Crippen molar-refractivity contribution in [2.24, 2.45) is 0 Å². The Morgan fingerprint density at radius 1 is 1.00 bits per heavy atom. The molecule has 0 amide bonds. The molecule has 3 nitrogen and oxygen atoms in total. The van der Waals surface area contributed by atoms with Gasteiger partial charge in [-0.05, 0) is 54.5 Å². The maximum atomic E-state index is 13.2. The van der Waals surface area contributed by atoms with Gasteiger partial charge in [-0.25, -0.2) is 9.18 Å². The first kappa shape index (κ1) is 18.7. The highest BCUT2D eigenvalue weighted by Gasteiger charge is 2.21. The van der Waals surface area contributed by atoms with E-state index in [1.54, 1.807) is 18.2 Å². The van der Waals surface area contributed by atoms with Gasteiger partial charge < -0.3 is 9.47 Å². The molecule has 4 heteroatoms. The highest BCUT2D eigenvalue weighted by Crippen LogP contribution is 2.28. The van der Waals surface area contributed by atoms with E-state index < -0.39 is 0 Å². The van der Waals surface area contributed by atoms with Crippen LogP contribution in [-0.4, -0.2) is 5.97 Å². The maximum absolute atomic E-state index is 13.2. The molecule has 1 heterocycles. The fraction of sp³-hybridized carbons (Fsp3) is 0.0800. The number of aryl methyl sites for hydroxylation is 1. The smallest absolute Gasteiger partial charge is 0.343 e. The van der Waals surface area contributed by atoms with Crippen LogP contribution >= 0.6 is 0 Å². The average Bonchev–Trinajstić information content (AvgIpc) is 3.08. The predicted octanol–water partition coefficient (Wildman–Crippen LogP) is 5.69. The summed E-state index contributed by atoms with van der Waals surface area (Å²) in [5.74, 6) is 0.569. The summed E-state index contributed by atoms with van der Waals surface area (Å²) in [4.78, 5) is 12.2. The van der Waals surface area contributed by atoms with Gasteiger partial charge in [0.05, 0.1) is 5.57 Å². The van der Waals surface area contributed by atoms with Crippen molar-refractivity contribution in [3.05, 3.63) is 113 Å². The first-order chi connectivity index (χ1) is 14.1. The molecule has 0 radical (unpaired) electrons. The molecule has 0 aliphatic carbocycles. The zero-order valence-corrected chi connectivity index (χ0v) is 15.9. The molecule has 29 heavy (non-hydrogen) atoms. The van der Waals surface area contributed by atoms with Gasteiger partial charge in [0.1, 0.15) is 23.9 Å². The third-order valence-electron chi connectivity index (χ3n) is 4.56. The van der Waals surface area contributed by atoms with E-state index in [0.717, 1.165) is 22.3 Å². The number of carbonyl (C=O) groups is 1. The summed E-state index contributed by atoms with van der Waals surface area (Å²) in [6.07, 6.45) is 3.53. The molecule has 144 valence electrons. The summed E-state index contributed by atoms with van der Waals surface area (Å²) in [6.45, 7) is 2.29. The standard InChI is InChI=1S/C25H19FO3/c1-17-5-9-20(10-6-17)24-15-21(25(27)29-24)13-18-7-11-23(12-8-18)28-16-19-3-2-4-22(26)14-19/h2-15H,16H2,1H3/b21-13+. The molecule has 3 aromatic rings. The molecule has 0 bridgehead atoms. The van der Waals surface area contributed by atoms with Gasteiger partial charge in [-0.2, -0.15) is 0 Å².